The Labute approximate surface area is 125 Å². The van der Waals surface area contributed by atoms with Gasteiger partial charge in [0, 0.05) is 26.8 Å². The number of carboxylic acids is 1. The van der Waals surface area contributed by atoms with Crippen LogP contribution in [0.15, 0.2) is 12.2 Å². The minimum absolute atomic E-state index is 0.258. The molecular formula is C13H23NO6Si. The highest BCUT2D eigenvalue weighted by Crippen LogP contribution is 2.26. The predicted molar refractivity (Wildman–Crippen MR) is 77.4 cm³/mol. The van der Waals surface area contributed by atoms with E-state index in [4.69, 9.17) is 14.0 Å². The summed E-state index contributed by atoms with van der Waals surface area (Å²) in [4.78, 5) is 33.0. The molecule has 0 heterocycles. The van der Waals surface area contributed by atoms with Crippen LogP contribution in [0.5, 0.6) is 0 Å². The number of hydrogen-bond donors (Lipinski definition) is 3. The van der Waals surface area contributed by atoms with Crippen LogP contribution < -0.4 is 5.32 Å². The van der Waals surface area contributed by atoms with E-state index in [1.54, 1.807) is 6.08 Å². The first-order valence-electron chi connectivity index (χ1n) is 6.91. The molecule has 0 aliphatic heterocycles. The van der Waals surface area contributed by atoms with E-state index in [-0.39, 0.29) is 5.91 Å². The van der Waals surface area contributed by atoms with Crippen molar-refractivity contribution in [1.82, 2.24) is 5.32 Å². The minimum atomic E-state index is -3.10. The van der Waals surface area contributed by atoms with E-state index in [1.165, 1.54) is 14.2 Å². The summed E-state index contributed by atoms with van der Waals surface area (Å²) in [5.74, 6) is -2.40. The average Bonchev–Trinajstić information content (AvgIpc) is 2.51. The van der Waals surface area contributed by atoms with Crippen molar-refractivity contribution in [3.8, 4) is 0 Å². The summed E-state index contributed by atoms with van der Waals surface area (Å²) in [7, 11) is -0.319. The van der Waals surface area contributed by atoms with Crippen molar-refractivity contribution in [3.63, 3.8) is 0 Å². The number of carboxylic acid groups (broad SMARTS) is 1. The molecule has 2 unspecified atom stereocenters. The molecule has 0 radical (unpaired) electrons. The molecule has 1 rings (SSSR count). The maximum atomic E-state index is 12.1. The van der Waals surface area contributed by atoms with E-state index in [0.717, 1.165) is 0 Å². The van der Waals surface area contributed by atoms with Crippen LogP contribution in [0.3, 0.4) is 0 Å². The third-order valence-corrected chi connectivity index (χ3v) is 5.95. The first kappa shape index (κ1) is 17.8. The number of nitrogens with one attached hydrogen (secondary N) is 1. The van der Waals surface area contributed by atoms with Crippen LogP contribution in [0.2, 0.25) is 6.04 Å². The molecule has 8 heteroatoms. The van der Waals surface area contributed by atoms with Gasteiger partial charge in [-0.25, -0.2) is 0 Å². The van der Waals surface area contributed by atoms with Crippen LogP contribution in [0.4, 0.5) is 0 Å². The SMILES string of the molecule is CO[Si](O)(CCCNC(=O)C1CC=CCC1C(=O)O)OC. The molecule has 7 nitrogen and oxygen atoms in total. The fourth-order valence-electron chi connectivity index (χ4n) is 2.32. The van der Waals surface area contributed by atoms with Crippen LogP contribution in [-0.2, 0) is 18.4 Å². The van der Waals surface area contributed by atoms with Gasteiger partial charge in [-0.1, -0.05) is 12.2 Å². The Hall–Kier alpha value is -1.22. The number of aliphatic carboxylic acids is 1. The highest BCUT2D eigenvalue weighted by Gasteiger charge is 2.35. The lowest BCUT2D eigenvalue weighted by Gasteiger charge is -2.24. The van der Waals surface area contributed by atoms with Crippen LogP contribution in [0, 0.1) is 11.8 Å². The Morgan fingerprint density at radius 1 is 1.24 bits per heavy atom. The molecule has 0 bridgehead atoms. The van der Waals surface area contributed by atoms with Crippen LogP contribution in [0.25, 0.3) is 0 Å². The van der Waals surface area contributed by atoms with E-state index >= 15 is 0 Å². The van der Waals surface area contributed by atoms with E-state index < -0.39 is 26.6 Å². The molecule has 3 N–H and O–H groups in total. The number of rotatable bonds is 8. The fraction of sp³-hybridized carbons (Fsp3) is 0.692. The van der Waals surface area contributed by atoms with E-state index in [1.807, 2.05) is 6.08 Å². The zero-order valence-electron chi connectivity index (χ0n) is 12.4. The highest BCUT2D eigenvalue weighted by atomic mass is 28.4. The quantitative estimate of drug-likeness (QED) is 0.340. The third-order valence-electron chi connectivity index (χ3n) is 3.69. The maximum Gasteiger partial charge on any atom is 0.497 e. The monoisotopic (exact) mass is 317 g/mol. The van der Waals surface area contributed by atoms with E-state index in [0.29, 0.717) is 31.9 Å². The van der Waals surface area contributed by atoms with E-state index in [2.05, 4.69) is 5.32 Å². The topological polar surface area (TPSA) is 105 Å². The van der Waals surface area contributed by atoms with Gasteiger partial charge < -0.3 is 24.1 Å². The second kappa shape index (κ2) is 8.28. The molecule has 0 aromatic rings. The van der Waals surface area contributed by atoms with Gasteiger partial charge in [-0.3, -0.25) is 9.59 Å². The number of carbonyl (C=O) groups excluding carboxylic acids is 1. The highest BCUT2D eigenvalue weighted by molar-refractivity contribution is 6.59. The molecule has 0 saturated carbocycles. The summed E-state index contributed by atoms with van der Waals surface area (Å²) in [5.41, 5.74) is 0. The van der Waals surface area contributed by atoms with Crippen molar-refractivity contribution < 1.29 is 28.3 Å². The zero-order chi connectivity index (χ0) is 15.9. The average molecular weight is 317 g/mol. The Kier molecular flexibility index (Phi) is 7.03. The van der Waals surface area contributed by atoms with Crippen molar-refractivity contribution in [1.29, 1.82) is 0 Å². The molecule has 21 heavy (non-hydrogen) atoms. The number of allylic oxidation sites excluding steroid dienone is 2. The van der Waals surface area contributed by atoms with Crippen LogP contribution in [-0.4, -0.2) is 51.3 Å². The summed E-state index contributed by atoms with van der Waals surface area (Å²) in [6.45, 7) is 0.355. The molecular weight excluding hydrogens is 294 g/mol. The Bertz CT molecular complexity index is 396. The van der Waals surface area contributed by atoms with Crippen LogP contribution >= 0.6 is 0 Å². The summed E-state index contributed by atoms with van der Waals surface area (Å²) in [5, 5.41) is 11.8. The first-order valence-corrected chi connectivity index (χ1v) is 8.89. The molecule has 0 aromatic carbocycles. The van der Waals surface area contributed by atoms with Gasteiger partial charge in [0.1, 0.15) is 0 Å². The van der Waals surface area contributed by atoms with Crippen molar-refractivity contribution in [2.75, 3.05) is 20.8 Å². The molecule has 0 saturated heterocycles. The molecule has 0 spiro atoms. The van der Waals surface area contributed by atoms with Gasteiger partial charge >= 0.3 is 14.8 Å². The summed E-state index contributed by atoms with van der Waals surface area (Å²) in [6, 6.07) is 0.340. The molecule has 0 fully saturated rings. The molecule has 2 atom stereocenters. The Morgan fingerprint density at radius 2 is 1.81 bits per heavy atom. The lowest BCUT2D eigenvalue weighted by atomic mass is 9.82. The standard InChI is InChI=1S/C13H23NO6Si/c1-19-21(18,20-2)9-5-8-14-12(15)10-6-3-4-7-11(10)13(16)17/h3-4,10-11,18H,5-9H2,1-2H3,(H,14,15)(H,16,17). The second-order valence-corrected chi connectivity index (χ2v) is 7.75. The van der Waals surface area contributed by atoms with Gasteiger partial charge in [0.05, 0.1) is 11.8 Å². The lowest BCUT2D eigenvalue weighted by molar-refractivity contribution is -0.147. The number of hydrogen-bond acceptors (Lipinski definition) is 5. The van der Waals surface area contributed by atoms with Crippen molar-refractivity contribution in [2.24, 2.45) is 11.8 Å². The molecule has 1 aliphatic rings. The first-order chi connectivity index (χ1) is 9.93. The second-order valence-electron chi connectivity index (χ2n) is 5.01. The van der Waals surface area contributed by atoms with Crippen molar-refractivity contribution >= 4 is 20.7 Å². The largest absolute Gasteiger partial charge is 0.497 e. The van der Waals surface area contributed by atoms with Crippen molar-refractivity contribution in [2.45, 2.75) is 25.3 Å². The fourth-order valence-corrected chi connectivity index (χ4v) is 3.52. The molecule has 0 aromatic heterocycles. The molecule has 1 aliphatic carbocycles. The van der Waals surface area contributed by atoms with Crippen LogP contribution in [0.1, 0.15) is 19.3 Å². The van der Waals surface area contributed by atoms with Crippen molar-refractivity contribution in [3.05, 3.63) is 12.2 Å². The smallest absolute Gasteiger partial charge is 0.481 e. The number of carbonyl (C=O) groups is 2. The van der Waals surface area contributed by atoms with E-state index in [9.17, 15) is 14.4 Å². The Balaban J connectivity index is 2.40. The van der Waals surface area contributed by atoms with Gasteiger partial charge in [-0.05, 0) is 19.3 Å². The van der Waals surface area contributed by atoms with Gasteiger partial charge in [-0.15, -0.1) is 0 Å². The summed E-state index contributed by atoms with van der Waals surface area (Å²) in [6.07, 6.45) is 4.97. The normalized spacial score (nSPS) is 22.0. The van der Waals surface area contributed by atoms with Gasteiger partial charge in [0.25, 0.3) is 0 Å². The van der Waals surface area contributed by atoms with Gasteiger partial charge in [0.15, 0.2) is 0 Å². The number of amides is 1. The Morgan fingerprint density at radius 3 is 2.33 bits per heavy atom. The molecule has 120 valence electrons. The zero-order valence-corrected chi connectivity index (χ0v) is 13.4. The minimum Gasteiger partial charge on any atom is -0.481 e. The van der Waals surface area contributed by atoms with Gasteiger partial charge in [0.2, 0.25) is 5.91 Å². The third kappa shape index (κ3) is 5.23. The molecule has 1 amide bonds. The predicted octanol–water partition coefficient (Wildman–Crippen LogP) is 0.384. The maximum absolute atomic E-state index is 12.1. The lowest BCUT2D eigenvalue weighted by Crippen LogP contribution is -2.42. The summed E-state index contributed by atoms with van der Waals surface area (Å²) < 4.78 is 9.86. The van der Waals surface area contributed by atoms with Gasteiger partial charge in [-0.2, -0.15) is 0 Å². The summed E-state index contributed by atoms with van der Waals surface area (Å²) >= 11 is 0.